The first kappa shape index (κ1) is 18.8. The molecular weight excluding hydrogens is 356 g/mol. The highest BCUT2D eigenvalue weighted by atomic mass is 32.1. The minimum Gasteiger partial charge on any atom is -0.349 e. The molecule has 0 fully saturated rings. The van der Waals surface area contributed by atoms with Crippen LogP contribution in [0.5, 0.6) is 0 Å². The van der Waals surface area contributed by atoms with E-state index in [1.165, 1.54) is 11.3 Å². The number of nitrogens with zero attached hydrogens (tertiary/aromatic N) is 1. The van der Waals surface area contributed by atoms with Gasteiger partial charge in [-0.1, -0.05) is 36.4 Å². The van der Waals surface area contributed by atoms with Crippen molar-refractivity contribution in [3.8, 4) is 23.5 Å². The van der Waals surface area contributed by atoms with E-state index in [-0.39, 0.29) is 24.7 Å². The van der Waals surface area contributed by atoms with Gasteiger partial charge in [0.1, 0.15) is 5.01 Å². The Bertz CT molecular complexity index is 986. The summed E-state index contributed by atoms with van der Waals surface area (Å²) < 4.78 is 1.05. The molecule has 1 heterocycles. The molecule has 1 aromatic heterocycles. The van der Waals surface area contributed by atoms with E-state index in [1.807, 2.05) is 30.3 Å². The van der Waals surface area contributed by atoms with Gasteiger partial charge in [-0.05, 0) is 29.7 Å². The van der Waals surface area contributed by atoms with Crippen molar-refractivity contribution in [3.63, 3.8) is 0 Å². The number of fused-ring (bicyclic) bond motifs is 1. The Balaban J connectivity index is 1.60. The SMILES string of the molecule is C#CCCCC(=O)CNC(=O)Cc1nc2ccc(-c3ccccc3)cc2s1. The number of thiazole rings is 1. The van der Waals surface area contributed by atoms with E-state index in [1.54, 1.807) is 0 Å². The molecule has 4 nitrogen and oxygen atoms in total. The Morgan fingerprint density at radius 2 is 1.93 bits per heavy atom. The molecule has 0 radical (unpaired) electrons. The maximum absolute atomic E-state index is 12.1. The molecule has 136 valence electrons. The fourth-order valence-electron chi connectivity index (χ4n) is 2.73. The van der Waals surface area contributed by atoms with Gasteiger partial charge < -0.3 is 5.32 Å². The van der Waals surface area contributed by atoms with Gasteiger partial charge in [0.2, 0.25) is 5.91 Å². The van der Waals surface area contributed by atoms with Crippen LogP contribution in [0.3, 0.4) is 0 Å². The van der Waals surface area contributed by atoms with E-state index in [9.17, 15) is 9.59 Å². The first-order valence-corrected chi connectivity index (χ1v) is 9.64. The van der Waals surface area contributed by atoms with E-state index in [2.05, 4.69) is 34.4 Å². The maximum atomic E-state index is 12.1. The summed E-state index contributed by atoms with van der Waals surface area (Å²) in [5.74, 6) is 2.30. The van der Waals surface area contributed by atoms with E-state index in [4.69, 9.17) is 6.42 Å². The largest absolute Gasteiger partial charge is 0.349 e. The lowest BCUT2D eigenvalue weighted by molar-refractivity contribution is -0.124. The fourth-order valence-corrected chi connectivity index (χ4v) is 3.74. The van der Waals surface area contributed by atoms with E-state index in [0.29, 0.717) is 19.3 Å². The highest BCUT2D eigenvalue weighted by Gasteiger charge is 2.11. The number of hydrogen-bond acceptors (Lipinski definition) is 4. The zero-order valence-electron chi connectivity index (χ0n) is 14.9. The second-order valence-corrected chi connectivity index (χ2v) is 7.32. The number of ketones is 1. The maximum Gasteiger partial charge on any atom is 0.227 e. The van der Waals surface area contributed by atoms with E-state index >= 15 is 0 Å². The number of amides is 1. The van der Waals surface area contributed by atoms with Crippen molar-refractivity contribution in [1.29, 1.82) is 0 Å². The van der Waals surface area contributed by atoms with Gasteiger partial charge in [-0.25, -0.2) is 4.98 Å². The van der Waals surface area contributed by atoms with Crippen molar-refractivity contribution in [3.05, 3.63) is 53.5 Å². The Labute approximate surface area is 162 Å². The summed E-state index contributed by atoms with van der Waals surface area (Å²) in [5, 5.41) is 3.41. The van der Waals surface area contributed by atoms with Crippen molar-refractivity contribution < 1.29 is 9.59 Å². The Morgan fingerprint density at radius 1 is 1.11 bits per heavy atom. The van der Waals surface area contributed by atoms with Crippen LogP contribution in [0.2, 0.25) is 0 Å². The number of terminal acetylenes is 1. The van der Waals surface area contributed by atoms with Gasteiger partial charge in [-0.2, -0.15) is 0 Å². The average molecular weight is 376 g/mol. The molecule has 0 bridgehead atoms. The number of carbonyl (C=O) groups is 2. The molecule has 0 spiro atoms. The average Bonchev–Trinajstić information content (AvgIpc) is 3.08. The van der Waals surface area contributed by atoms with Crippen LogP contribution in [0.25, 0.3) is 21.3 Å². The third-order valence-electron chi connectivity index (χ3n) is 4.11. The van der Waals surface area contributed by atoms with Gasteiger partial charge in [0.05, 0.1) is 23.2 Å². The first-order chi connectivity index (χ1) is 13.2. The summed E-state index contributed by atoms with van der Waals surface area (Å²) in [6, 6.07) is 16.3. The topological polar surface area (TPSA) is 59.1 Å². The number of aromatic nitrogens is 1. The Kier molecular flexibility index (Phi) is 6.35. The molecule has 0 aliphatic carbocycles. The molecule has 0 saturated heterocycles. The summed E-state index contributed by atoms with van der Waals surface area (Å²) in [5.41, 5.74) is 3.16. The molecule has 3 aromatic rings. The third kappa shape index (κ3) is 5.25. The van der Waals surface area contributed by atoms with Gasteiger partial charge in [0.15, 0.2) is 5.78 Å². The number of unbranched alkanes of at least 4 members (excludes halogenated alkanes) is 1. The van der Waals surface area contributed by atoms with Crippen molar-refractivity contribution in [2.45, 2.75) is 25.7 Å². The molecule has 5 heteroatoms. The smallest absolute Gasteiger partial charge is 0.227 e. The molecule has 1 N–H and O–H groups in total. The van der Waals surface area contributed by atoms with Crippen LogP contribution >= 0.6 is 11.3 Å². The summed E-state index contributed by atoms with van der Waals surface area (Å²) in [4.78, 5) is 28.3. The number of Topliss-reactive ketones (excluding diaryl/α,β-unsaturated/α-hetero) is 1. The second kappa shape index (κ2) is 9.11. The van der Waals surface area contributed by atoms with Gasteiger partial charge in [0, 0.05) is 12.8 Å². The normalized spacial score (nSPS) is 10.5. The number of carbonyl (C=O) groups excluding carboxylic acids is 2. The number of nitrogens with one attached hydrogen (secondary N) is 1. The quantitative estimate of drug-likeness (QED) is 0.478. The van der Waals surface area contributed by atoms with Gasteiger partial charge in [0.25, 0.3) is 0 Å². The van der Waals surface area contributed by atoms with Crippen molar-refractivity contribution in [2.24, 2.45) is 0 Å². The number of rotatable bonds is 8. The summed E-state index contributed by atoms with van der Waals surface area (Å²) in [7, 11) is 0. The highest BCUT2D eigenvalue weighted by molar-refractivity contribution is 7.18. The van der Waals surface area contributed by atoms with Crippen LogP contribution in [-0.2, 0) is 16.0 Å². The molecule has 2 aromatic carbocycles. The lowest BCUT2D eigenvalue weighted by Gasteiger charge is -2.02. The fraction of sp³-hybridized carbons (Fsp3) is 0.227. The van der Waals surface area contributed by atoms with Crippen molar-refractivity contribution >= 4 is 33.2 Å². The van der Waals surface area contributed by atoms with Crippen LogP contribution in [0.15, 0.2) is 48.5 Å². The van der Waals surface area contributed by atoms with Crippen LogP contribution in [0, 0.1) is 12.3 Å². The molecular formula is C22H20N2O2S. The molecule has 3 rings (SSSR count). The van der Waals surface area contributed by atoms with Crippen molar-refractivity contribution in [2.75, 3.05) is 6.54 Å². The molecule has 0 atom stereocenters. The molecule has 0 unspecified atom stereocenters. The monoisotopic (exact) mass is 376 g/mol. The van der Waals surface area contributed by atoms with Crippen LogP contribution in [0.4, 0.5) is 0 Å². The molecule has 0 saturated carbocycles. The summed E-state index contributed by atoms with van der Waals surface area (Å²) in [6.07, 6.45) is 6.97. The van der Waals surface area contributed by atoms with Crippen LogP contribution < -0.4 is 5.32 Å². The molecule has 0 aliphatic heterocycles. The standard InChI is InChI=1S/C22H20N2O2S/c1-2-3-5-10-18(25)15-23-21(26)14-22-24-19-12-11-17(13-20(19)27-22)16-8-6-4-7-9-16/h1,4,6-9,11-13H,3,5,10,14-15H2,(H,23,26). The summed E-state index contributed by atoms with van der Waals surface area (Å²) in [6.45, 7) is 0.0481. The lowest BCUT2D eigenvalue weighted by Crippen LogP contribution is -2.30. The first-order valence-electron chi connectivity index (χ1n) is 8.82. The van der Waals surface area contributed by atoms with E-state index in [0.717, 1.165) is 26.4 Å². The molecule has 1 amide bonds. The third-order valence-corrected chi connectivity index (χ3v) is 5.13. The zero-order chi connectivity index (χ0) is 19.1. The van der Waals surface area contributed by atoms with Crippen LogP contribution in [-0.4, -0.2) is 23.2 Å². The Hall–Kier alpha value is -2.97. The van der Waals surface area contributed by atoms with Gasteiger partial charge in [-0.15, -0.1) is 23.7 Å². The minimum atomic E-state index is -0.192. The lowest BCUT2D eigenvalue weighted by atomic mass is 10.1. The highest BCUT2D eigenvalue weighted by Crippen LogP contribution is 2.28. The summed E-state index contributed by atoms with van der Waals surface area (Å²) >= 11 is 1.51. The zero-order valence-corrected chi connectivity index (χ0v) is 15.7. The predicted molar refractivity (Wildman–Crippen MR) is 109 cm³/mol. The Morgan fingerprint density at radius 3 is 2.70 bits per heavy atom. The van der Waals surface area contributed by atoms with Crippen molar-refractivity contribution in [1.82, 2.24) is 10.3 Å². The van der Waals surface area contributed by atoms with E-state index < -0.39 is 0 Å². The number of hydrogen-bond donors (Lipinski definition) is 1. The number of benzene rings is 2. The minimum absolute atomic E-state index is 0.00426. The van der Waals surface area contributed by atoms with Gasteiger partial charge in [-0.3, -0.25) is 9.59 Å². The molecule has 27 heavy (non-hydrogen) atoms. The second-order valence-electron chi connectivity index (χ2n) is 6.21. The van der Waals surface area contributed by atoms with Gasteiger partial charge >= 0.3 is 0 Å². The van der Waals surface area contributed by atoms with Crippen LogP contribution in [0.1, 0.15) is 24.3 Å². The molecule has 0 aliphatic rings. The predicted octanol–water partition coefficient (Wildman–Crippen LogP) is 3.99.